The Kier molecular flexibility index (Phi) is 3.80. The molecule has 0 unspecified atom stereocenters. The molecule has 3 rings (SSSR count). The maximum absolute atomic E-state index is 12.4. The van der Waals surface area contributed by atoms with Crippen molar-refractivity contribution in [1.29, 1.82) is 0 Å². The summed E-state index contributed by atoms with van der Waals surface area (Å²) in [6, 6.07) is 3.44. The predicted molar refractivity (Wildman–Crippen MR) is 84.0 cm³/mol. The lowest BCUT2D eigenvalue weighted by atomic mass is 10.1. The smallest absolute Gasteiger partial charge is 0.341 e. The summed E-state index contributed by atoms with van der Waals surface area (Å²) in [7, 11) is 0. The van der Waals surface area contributed by atoms with Crippen molar-refractivity contribution in [3.63, 3.8) is 0 Å². The number of aliphatic hydroxyl groups excluding tert-OH is 1. The molecule has 3 N–H and O–H groups in total. The summed E-state index contributed by atoms with van der Waals surface area (Å²) in [5.74, 6) is -1.24. The molecule has 0 bridgehead atoms. The Bertz CT molecular complexity index is 811. The zero-order chi connectivity index (χ0) is 15.9. The van der Waals surface area contributed by atoms with Gasteiger partial charge in [-0.15, -0.1) is 0 Å². The van der Waals surface area contributed by atoms with Gasteiger partial charge in [0.1, 0.15) is 5.56 Å². The van der Waals surface area contributed by atoms with E-state index in [4.69, 9.17) is 16.7 Å². The summed E-state index contributed by atoms with van der Waals surface area (Å²) in [5, 5.41) is 21.8. The summed E-state index contributed by atoms with van der Waals surface area (Å²) in [4.78, 5) is 23.7. The van der Waals surface area contributed by atoms with Crippen LogP contribution in [0.25, 0.3) is 10.9 Å². The molecule has 1 aliphatic carbocycles. The van der Waals surface area contributed by atoms with Crippen LogP contribution in [-0.2, 0) is 0 Å². The zero-order valence-electron chi connectivity index (χ0n) is 11.7. The fraction of sp³-hybridized carbons (Fsp3) is 0.333. The van der Waals surface area contributed by atoms with E-state index >= 15 is 0 Å². The first-order valence-corrected chi connectivity index (χ1v) is 7.37. The van der Waals surface area contributed by atoms with Crippen molar-refractivity contribution in [3.8, 4) is 0 Å². The summed E-state index contributed by atoms with van der Waals surface area (Å²) < 4.78 is 1.82. The molecule has 0 saturated heterocycles. The van der Waals surface area contributed by atoms with E-state index in [-0.39, 0.29) is 18.2 Å². The number of anilines is 1. The Morgan fingerprint density at radius 3 is 2.73 bits per heavy atom. The molecule has 1 saturated carbocycles. The fourth-order valence-corrected chi connectivity index (χ4v) is 2.73. The van der Waals surface area contributed by atoms with E-state index in [9.17, 15) is 14.7 Å². The number of halogens is 1. The first-order valence-electron chi connectivity index (χ1n) is 6.99. The summed E-state index contributed by atoms with van der Waals surface area (Å²) in [5.41, 5.74) is 0.375. The van der Waals surface area contributed by atoms with Gasteiger partial charge in [-0.1, -0.05) is 11.6 Å². The molecule has 0 amide bonds. The van der Waals surface area contributed by atoms with Crippen LogP contribution in [0.15, 0.2) is 23.1 Å². The molecule has 0 spiro atoms. The van der Waals surface area contributed by atoms with Crippen LogP contribution in [0.4, 0.5) is 5.69 Å². The molecule has 1 aliphatic rings. The monoisotopic (exact) mass is 322 g/mol. The van der Waals surface area contributed by atoms with Crippen molar-refractivity contribution in [2.45, 2.75) is 18.9 Å². The van der Waals surface area contributed by atoms with Crippen LogP contribution >= 0.6 is 11.6 Å². The number of pyridine rings is 1. The van der Waals surface area contributed by atoms with Crippen LogP contribution in [0.1, 0.15) is 29.2 Å². The Hall–Kier alpha value is -2.05. The lowest BCUT2D eigenvalue weighted by Crippen LogP contribution is -2.19. The van der Waals surface area contributed by atoms with Gasteiger partial charge in [0.05, 0.1) is 22.8 Å². The molecule has 1 heterocycles. The third-order valence-electron chi connectivity index (χ3n) is 3.72. The molecular weight excluding hydrogens is 308 g/mol. The molecule has 0 aliphatic heterocycles. The number of nitrogens with one attached hydrogen (secondary N) is 1. The number of carboxylic acid groups (broad SMARTS) is 1. The molecule has 1 fully saturated rings. The summed E-state index contributed by atoms with van der Waals surface area (Å²) in [6.07, 6.45) is 3.32. The number of aromatic nitrogens is 1. The topological polar surface area (TPSA) is 91.6 Å². The second-order valence-electron chi connectivity index (χ2n) is 5.32. The fourth-order valence-electron chi connectivity index (χ4n) is 2.50. The van der Waals surface area contributed by atoms with Crippen LogP contribution < -0.4 is 10.7 Å². The van der Waals surface area contributed by atoms with Gasteiger partial charge in [0.2, 0.25) is 5.43 Å². The van der Waals surface area contributed by atoms with Gasteiger partial charge < -0.3 is 20.1 Å². The largest absolute Gasteiger partial charge is 0.477 e. The maximum Gasteiger partial charge on any atom is 0.341 e. The van der Waals surface area contributed by atoms with Gasteiger partial charge in [-0.05, 0) is 25.0 Å². The average molecular weight is 323 g/mol. The van der Waals surface area contributed by atoms with E-state index in [0.717, 1.165) is 12.8 Å². The highest BCUT2D eigenvalue weighted by molar-refractivity contribution is 6.34. The van der Waals surface area contributed by atoms with Gasteiger partial charge in [-0.25, -0.2) is 4.79 Å². The zero-order valence-corrected chi connectivity index (χ0v) is 12.4. The van der Waals surface area contributed by atoms with Crippen LogP contribution in [0.3, 0.4) is 0 Å². The number of carbonyl (C=O) groups is 1. The number of rotatable bonds is 5. The summed E-state index contributed by atoms with van der Waals surface area (Å²) in [6.45, 7) is 0.219. The van der Waals surface area contributed by atoms with E-state index in [1.807, 2.05) is 4.57 Å². The van der Waals surface area contributed by atoms with Crippen LogP contribution in [0.2, 0.25) is 5.02 Å². The quantitative estimate of drug-likeness (QED) is 0.784. The second-order valence-corrected chi connectivity index (χ2v) is 5.72. The first-order chi connectivity index (χ1) is 10.5. The average Bonchev–Trinajstić information content (AvgIpc) is 3.30. The number of hydrogen-bond donors (Lipinski definition) is 3. The SMILES string of the molecule is O=C(O)c1cn(C2CC2)c2cc(Cl)c(NCCO)cc2c1=O. The molecule has 1 aromatic heterocycles. The lowest BCUT2D eigenvalue weighted by molar-refractivity contribution is 0.0695. The highest BCUT2D eigenvalue weighted by Gasteiger charge is 2.27. The van der Waals surface area contributed by atoms with Crippen LogP contribution in [-0.4, -0.2) is 33.9 Å². The van der Waals surface area contributed by atoms with E-state index in [1.54, 1.807) is 12.1 Å². The third-order valence-corrected chi connectivity index (χ3v) is 4.03. The maximum atomic E-state index is 12.4. The Labute approximate surface area is 130 Å². The molecule has 116 valence electrons. The van der Waals surface area contributed by atoms with E-state index in [2.05, 4.69) is 5.32 Å². The minimum absolute atomic E-state index is 0.0736. The molecular formula is C15H15ClN2O4. The van der Waals surface area contributed by atoms with Crippen molar-refractivity contribution in [1.82, 2.24) is 4.57 Å². The first kappa shape index (κ1) is 14.9. The minimum atomic E-state index is -1.24. The van der Waals surface area contributed by atoms with Gasteiger partial charge in [0.25, 0.3) is 0 Å². The molecule has 2 aromatic rings. The highest BCUT2D eigenvalue weighted by Crippen LogP contribution is 2.38. The van der Waals surface area contributed by atoms with Crippen molar-refractivity contribution in [2.24, 2.45) is 0 Å². The summed E-state index contributed by atoms with van der Waals surface area (Å²) >= 11 is 6.21. The molecule has 0 atom stereocenters. The second kappa shape index (κ2) is 5.62. The third kappa shape index (κ3) is 2.55. The Balaban J connectivity index is 2.27. The van der Waals surface area contributed by atoms with E-state index < -0.39 is 11.4 Å². The van der Waals surface area contributed by atoms with Crippen molar-refractivity contribution >= 4 is 34.2 Å². The molecule has 6 nitrogen and oxygen atoms in total. The van der Waals surface area contributed by atoms with Crippen LogP contribution in [0.5, 0.6) is 0 Å². The Morgan fingerprint density at radius 2 is 2.14 bits per heavy atom. The predicted octanol–water partition coefficient (Wildman–Crippen LogP) is 2.09. The lowest BCUT2D eigenvalue weighted by Gasteiger charge is -2.14. The molecule has 1 aromatic carbocycles. The Morgan fingerprint density at radius 1 is 1.41 bits per heavy atom. The normalized spacial score (nSPS) is 14.3. The van der Waals surface area contributed by atoms with Gasteiger partial charge in [0.15, 0.2) is 0 Å². The number of carboxylic acids is 1. The van der Waals surface area contributed by atoms with Crippen molar-refractivity contribution in [3.05, 3.63) is 39.1 Å². The molecule has 0 radical (unpaired) electrons. The number of benzene rings is 1. The van der Waals surface area contributed by atoms with Crippen molar-refractivity contribution < 1.29 is 15.0 Å². The van der Waals surface area contributed by atoms with Gasteiger partial charge >= 0.3 is 5.97 Å². The van der Waals surface area contributed by atoms with E-state index in [1.165, 1.54) is 6.20 Å². The van der Waals surface area contributed by atoms with Gasteiger partial charge in [0, 0.05) is 24.2 Å². The van der Waals surface area contributed by atoms with Gasteiger partial charge in [-0.3, -0.25) is 4.79 Å². The van der Waals surface area contributed by atoms with E-state index in [0.29, 0.717) is 28.2 Å². The molecule has 7 heteroatoms. The van der Waals surface area contributed by atoms with Crippen molar-refractivity contribution in [2.75, 3.05) is 18.5 Å². The number of aliphatic hydroxyl groups is 1. The number of hydrogen-bond acceptors (Lipinski definition) is 4. The number of nitrogens with zero attached hydrogens (tertiary/aromatic N) is 1. The number of fused-ring (bicyclic) bond motifs is 1. The highest BCUT2D eigenvalue weighted by atomic mass is 35.5. The standard InChI is InChI=1S/C15H15ClN2O4/c16-11-6-13-9(5-12(11)17-3-4-19)14(20)10(15(21)22)7-18(13)8-1-2-8/h5-8,17,19H,1-4H2,(H,21,22). The molecule has 22 heavy (non-hydrogen) atoms. The van der Waals surface area contributed by atoms with Crippen LogP contribution in [0, 0.1) is 0 Å². The number of aromatic carboxylic acids is 1. The van der Waals surface area contributed by atoms with Gasteiger partial charge in [-0.2, -0.15) is 0 Å². The minimum Gasteiger partial charge on any atom is -0.477 e.